The fourth-order valence-electron chi connectivity index (χ4n) is 4.52. The third kappa shape index (κ3) is 6.16. The van der Waals surface area contributed by atoms with Gasteiger partial charge < -0.3 is 24.9 Å². The Bertz CT molecular complexity index is 1200. The van der Waals surface area contributed by atoms with E-state index in [2.05, 4.69) is 55.1 Å². The van der Waals surface area contributed by atoms with E-state index >= 15 is 0 Å². The molecule has 3 aromatic rings. The van der Waals surface area contributed by atoms with Crippen LogP contribution in [0.25, 0.3) is 0 Å². The molecule has 1 radical (unpaired) electrons. The van der Waals surface area contributed by atoms with Gasteiger partial charge in [-0.3, -0.25) is 5.41 Å². The summed E-state index contributed by atoms with van der Waals surface area (Å²) < 4.78 is 10.4. The third-order valence-electron chi connectivity index (χ3n) is 6.27. The number of aliphatic hydroxyl groups is 1. The number of likely N-dealkylation sites (N-methyl/N-ethyl adjacent to an activating group) is 1. The zero-order valence-electron chi connectivity index (χ0n) is 21.0. The van der Waals surface area contributed by atoms with Gasteiger partial charge >= 0.3 is 0 Å². The van der Waals surface area contributed by atoms with Crippen molar-refractivity contribution in [1.82, 2.24) is 0 Å². The molecule has 3 aromatic carbocycles. The monoisotopic (exact) mass is 530 g/mol. The number of nitrogens with zero attached hydrogens (tertiary/aromatic N) is 1. The fraction of sp³-hybridized carbons (Fsp3) is 0.241. The Morgan fingerprint density at radius 2 is 1.58 bits per heavy atom. The van der Waals surface area contributed by atoms with Gasteiger partial charge in [0.25, 0.3) is 0 Å². The minimum Gasteiger partial charge on any atom is -0.497 e. The number of allylic oxidation sites excluding steroid dienone is 2. The molecule has 1 aliphatic heterocycles. The van der Waals surface area contributed by atoms with Gasteiger partial charge in [0.15, 0.2) is 0 Å². The quantitative estimate of drug-likeness (QED) is 0.253. The van der Waals surface area contributed by atoms with Gasteiger partial charge in [-0.2, -0.15) is 0 Å². The Balaban J connectivity index is 0.000000321. The molecule has 0 saturated heterocycles. The first-order chi connectivity index (χ1) is 16.9. The summed E-state index contributed by atoms with van der Waals surface area (Å²) in [6.45, 7) is 5.30. The van der Waals surface area contributed by atoms with Crippen molar-refractivity contribution in [3.05, 3.63) is 101 Å². The normalized spacial score (nSPS) is 16.8. The number of nitrogens with one attached hydrogen (secondary N) is 2. The first-order valence-corrected chi connectivity index (χ1v) is 11.5. The zero-order valence-corrected chi connectivity index (χ0v) is 22.1. The Labute approximate surface area is 223 Å². The minimum absolute atomic E-state index is 0. The predicted octanol–water partition coefficient (Wildman–Crippen LogP) is 6.15. The maximum atomic E-state index is 8.73. The van der Waals surface area contributed by atoms with Gasteiger partial charge in [-0.25, -0.2) is 0 Å². The summed E-state index contributed by atoms with van der Waals surface area (Å²) >= 11 is 0. The maximum absolute atomic E-state index is 8.73. The Morgan fingerprint density at radius 1 is 0.972 bits per heavy atom. The molecule has 0 aromatic heterocycles. The number of rotatable bonds is 7. The Hall–Kier alpha value is -3.55. The van der Waals surface area contributed by atoms with Gasteiger partial charge in [-0.15, -0.1) is 0 Å². The van der Waals surface area contributed by atoms with E-state index in [1.165, 1.54) is 28.7 Å². The summed E-state index contributed by atoms with van der Waals surface area (Å²) in [5.74, 6) is 1.17. The van der Waals surface area contributed by atoms with Crippen LogP contribution in [-0.2, 0) is 28.6 Å². The Morgan fingerprint density at radius 3 is 2.11 bits per heavy atom. The van der Waals surface area contributed by atoms with Crippen LogP contribution in [0.4, 0.5) is 5.69 Å². The topological polar surface area (TPSA) is 89.6 Å². The van der Waals surface area contributed by atoms with Crippen LogP contribution in [0.1, 0.15) is 30.5 Å². The van der Waals surface area contributed by atoms with Crippen LogP contribution in [0.2, 0.25) is 0 Å². The number of hydrogen-bond acceptors (Lipinski definition) is 5. The molecule has 1 aliphatic rings. The molecular formula is C29H33CoN3O3. The summed E-state index contributed by atoms with van der Waals surface area (Å²) in [5.41, 5.74) is 5.25. The molecule has 0 saturated carbocycles. The fourth-order valence-corrected chi connectivity index (χ4v) is 4.52. The number of fused-ring (bicyclic) bond motifs is 1. The molecule has 0 amide bonds. The molecule has 6 nitrogen and oxygen atoms in total. The number of ether oxygens (including phenoxy) is 2. The van der Waals surface area contributed by atoms with E-state index in [1.54, 1.807) is 38.5 Å². The SMILES string of the molecule is CCN1/C(=C\C=N)C(C)(Cc2ccccc2)c2cc(OC)ccc21.COc1ccc(C(=N)O)cc1.[Co]. The van der Waals surface area contributed by atoms with E-state index in [0.29, 0.717) is 5.56 Å². The van der Waals surface area contributed by atoms with Crippen molar-refractivity contribution in [2.24, 2.45) is 0 Å². The largest absolute Gasteiger partial charge is 0.497 e. The van der Waals surface area contributed by atoms with Crippen molar-refractivity contribution in [2.75, 3.05) is 25.7 Å². The molecule has 0 spiro atoms. The van der Waals surface area contributed by atoms with E-state index in [1.807, 2.05) is 18.2 Å². The van der Waals surface area contributed by atoms with E-state index in [9.17, 15) is 0 Å². The van der Waals surface area contributed by atoms with Crippen LogP contribution < -0.4 is 14.4 Å². The second-order valence-corrected chi connectivity index (χ2v) is 8.42. The first kappa shape index (κ1) is 28.7. The Kier molecular flexibility index (Phi) is 10.3. The summed E-state index contributed by atoms with van der Waals surface area (Å²) in [4.78, 5) is 2.31. The van der Waals surface area contributed by atoms with Crippen LogP contribution in [-0.4, -0.2) is 38.0 Å². The van der Waals surface area contributed by atoms with Crippen molar-refractivity contribution in [1.29, 1.82) is 10.8 Å². The average molecular weight is 531 g/mol. The van der Waals surface area contributed by atoms with Gasteiger partial charge in [-0.05, 0) is 79.9 Å². The number of methoxy groups -OCH3 is 2. The molecule has 0 bridgehead atoms. The van der Waals surface area contributed by atoms with E-state index in [0.717, 1.165) is 24.5 Å². The molecule has 0 fully saturated rings. The molecule has 3 N–H and O–H groups in total. The van der Waals surface area contributed by atoms with E-state index < -0.39 is 5.90 Å². The maximum Gasteiger partial charge on any atom is 0.210 e. The van der Waals surface area contributed by atoms with Crippen molar-refractivity contribution in [3.8, 4) is 11.5 Å². The minimum atomic E-state index is -0.423. The number of aliphatic hydroxyl groups excluding tert-OH is 1. The van der Waals surface area contributed by atoms with Crippen molar-refractivity contribution in [2.45, 2.75) is 25.7 Å². The van der Waals surface area contributed by atoms with Crippen LogP contribution in [0.15, 0.2) is 84.6 Å². The van der Waals surface area contributed by atoms with Gasteiger partial charge in [0.1, 0.15) is 11.5 Å². The first-order valence-electron chi connectivity index (χ1n) is 11.5. The summed E-state index contributed by atoms with van der Waals surface area (Å²) in [6, 6.07) is 23.5. The number of anilines is 1. The van der Waals surface area contributed by atoms with E-state index in [-0.39, 0.29) is 22.2 Å². The van der Waals surface area contributed by atoms with Gasteiger partial charge in [-0.1, -0.05) is 30.3 Å². The zero-order chi connectivity index (χ0) is 25.4. The van der Waals surface area contributed by atoms with Gasteiger partial charge in [0, 0.05) is 51.9 Å². The molecule has 191 valence electrons. The molecule has 36 heavy (non-hydrogen) atoms. The van der Waals surface area contributed by atoms with Crippen molar-refractivity contribution >= 4 is 17.8 Å². The summed E-state index contributed by atoms with van der Waals surface area (Å²) in [7, 11) is 3.27. The van der Waals surface area contributed by atoms with Crippen molar-refractivity contribution in [3.63, 3.8) is 0 Å². The van der Waals surface area contributed by atoms with Gasteiger partial charge in [0.2, 0.25) is 5.90 Å². The van der Waals surface area contributed by atoms with E-state index in [4.69, 9.17) is 25.4 Å². The van der Waals surface area contributed by atoms with Crippen LogP contribution in [0, 0.1) is 10.8 Å². The smallest absolute Gasteiger partial charge is 0.210 e. The van der Waals surface area contributed by atoms with Crippen LogP contribution in [0.3, 0.4) is 0 Å². The molecule has 1 unspecified atom stereocenters. The predicted molar refractivity (Wildman–Crippen MR) is 143 cm³/mol. The van der Waals surface area contributed by atoms with Gasteiger partial charge in [0.05, 0.1) is 14.2 Å². The summed E-state index contributed by atoms with van der Waals surface area (Å²) in [6.07, 6.45) is 4.22. The molecule has 0 aliphatic carbocycles. The average Bonchev–Trinajstić information content (AvgIpc) is 3.11. The summed E-state index contributed by atoms with van der Waals surface area (Å²) in [5, 5.41) is 23.2. The molecular weight excluding hydrogens is 497 g/mol. The standard InChI is InChI=1S/C21H24N2O.C8H9NO2.Co/c1-4-23-19-11-10-17(24-3)14-18(19)21(2,20(23)12-13-22)15-16-8-6-5-7-9-16;1-11-7-4-2-6(3-5-7)8(9)10;/h5-14,22H,4,15H2,1-3H3;2-5H,1H3,(H2,9,10);/b20-12-,22-13?;;. The van der Waals surface area contributed by atoms with Crippen LogP contribution in [0.5, 0.6) is 11.5 Å². The molecule has 7 heteroatoms. The molecule has 1 atom stereocenters. The third-order valence-corrected chi connectivity index (χ3v) is 6.27. The second kappa shape index (κ2) is 12.9. The number of benzene rings is 3. The van der Waals surface area contributed by atoms with Crippen LogP contribution >= 0.6 is 0 Å². The second-order valence-electron chi connectivity index (χ2n) is 8.42. The molecule has 1 heterocycles. The number of hydrogen-bond donors (Lipinski definition) is 3. The molecule has 4 rings (SSSR count). The van der Waals surface area contributed by atoms with Crippen molar-refractivity contribution < 1.29 is 31.4 Å².